The molecule has 0 radical (unpaired) electrons. The van der Waals surface area contributed by atoms with Gasteiger partial charge in [0.2, 0.25) is 0 Å². The zero-order valence-corrected chi connectivity index (χ0v) is 19.6. The predicted octanol–water partition coefficient (Wildman–Crippen LogP) is 5.40. The van der Waals surface area contributed by atoms with E-state index in [0.717, 1.165) is 36.7 Å². The van der Waals surface area contributed by atoms with Crippen LogP contribution in [-0.4, -0.2) is 34.0 Å². The van der Waals surface area contributed by atoms with Crippen molar-refractivity contribution in [3.05, 3.63) is 60.2 Å². The van der Waals surface area contributed by atoms with E-state index >= 15 is 0 Å². The number of rotatable bonds is 11. The Balaban J connectivity index is 2.35. The van der Waals surface area contributed by atoms with Gasteiger partial charge >= 0.3 is 5.97 Å². The van der Waals surface area contributed by atoms with Crippen molar-refractivity contribution in [1.82, 2.24) is 5.32 Å². The summed E-state index contributed by atoms with van der Waals surface area (Å²) in [7, 11) is -0.560. The minimum atomic E-state index is -2.01. The van der Waals surface area contributed by atoms with Crippen LogP contribution in [0.1, 0.15) is 45.7 Å². The maximum absolute atomic E-state index is 12.9. The second-order valence-electron chi connectivity index (χ2n) is 8.22. The van der Waals surface area contributed by atoms with Crippen LogP contribution in [0.3, 0.4) is 0 Å². The number of benzene rings is 1. The molecule has 1 aromatic carbocycles. The molecule has 29 heavy (non-hydrogen) atoms. The highest BCUT2D eigenvalue weighted by molar-refractivity contribution is 6.73. The fraction of sp³-hybridized carbons (Fsp3) is 0.542. The molecule has 0 spiro atoms. The van der Waals surface area contributed by atoms with Crippen LogP contribution in [0.15, 0.2) is 54.6 Å². The second kappa shape index (κ2) is 10.9. The Labute approximate surface area is 177 Å². The van der Waals surface area contributed by atoms with Crippen LogP contribution >= 0.6 is 0 Å². The van der Waals surface area contributed by atoms with Gasteiger partial charge in [0.25, 0.3) is 0 Å². The predicted molar refractivity (Wildman–Crippen MR) is 122 cm³/mol. The summed E-state index contributed by atoms with van der Waals surface area (Å²) in [4.78, 5) is 12.9. The molecule has 2 rings (SSSR count). The Morgan fingerprint density at radius 2 is 1.79 bits per heavy atom. The van der Waals surface area contributed by atoms with E-state index in [4.69, 9.17) is 9.16 Å². The molecule has 4 nitrogen and oxygen atoms in total. The largest absolute Gasteiger partial charge is 0.467 e. The number of nitrogens with one attached hydrogen (secondary N) is 1. The lowest BCUT2D eigenvalue weighted by Crippen LogP contribution is -2.50. The number of ether oxygens (including phenoxy) is 1. The van der Waals surface area contributed by atoms with E-state index in [1.807, 2.05) is 18.2 Å². The first kappa shape index (κ1) is 23.6. The summed E-state index contributed by atoms with van der Waals surface area (Å²) in [6, 6.07) is 12.8. The van der Waals surface area contributed by atoms with Crippen LogP contribution in [0.25, 0.3) is 0 Å². The first-order chi connectivity index (χ1) is 13.9. The summed E-state index contributed by atoms with van der Waals surface area (Å²) in [6.45, 7) is 9.53. The molecular weight excluding hydrogens is 378 g/mol. The molecular formula is C24H37NO3Si. The van der Waals surface area contributed by atoms with E-state index in [1.54, 1.807) is 0 Å². The topological polar surface area (TPSA) is 47.6 Å². The number of carbonyl (C=O) groups is 1. The average Bonchev–Trinajstić information content (AvgIpc) is 2.77. The van der Waals surface area contributed by atoms with Crippen LogP contribution < -0.4 is 5.32 Å². The minimum absolute atomic E-state index is 0.0111. The molecule has 0 unspecified atom stereocenters. The quantitative estimate of drug-likeness (QED) is 0.388. The van der Waals surface area contributed by atoms with Crippen molar-refractivity contribution in [2.45, 2.75) is 64.4 Å². The van der Waals surface area contributed by atoms with E-state index in [1.165, 1.54) is 7.11 Å². The molecule has 0 bridgehead atoms. The normalized spacial score (nSPS) is 21.0. The molecule has 5 heteroatoms. The van der Waals surface area contributed by atoms with Gasteiger partial charge in [0, 0.05) is 12.0 Å². The summed E-state index contributed by atoms with van der Waals surface area (Å²) in [6.07, 6.45) is 8.93. The van der Waals surface area contributed by atoms with Gasteiger partial charge < -0.3 is 14.5 Å². The van der Waals surface area contributed by atoms with Crippen molar-refractivity contribution < 1.29 is 14.0 Å². The Hall–Kier alpha value is -1.69. The molecule has 0 fully saturated rings. The average molecular weight is 416 g/mol. The number of esters is 1. The standard InChI is InChI=1S/C24H37NO3Si/c1-6-29(7-2,8-3)28-22(23(26)27-5)21(20-15-11-9-12-16-20)25-19-24(4)17-13-10-14-18-24/h9-17,21-22,25H,6-8,18-19H2,1-5H3/t21-,22-,24+/m0/s1. The first-order valence-electron chi connectivity index (χ1n) is 10.8. The molecule has 1 aromatic rings. The van der Waals surface area contributed by atoms with Crippen LogP contribution in [0.4, 0.5) is 0 Å². The molecule has 1 aliphatic carbocycles. The molecule has 0 saturated carbocycles. The lowest BCUT2D eigenvalue weighted by atomic mass is 9.83. The molecule has 160 valence electrons. The smallest absolute Gasteiger partial charge is 0.335 e. The molecule has 1 N–H and O–H groups in total. The molecule has 0 heterocycles. The molecule has 0 saturated heterocycles. The van der Waals surface area contributed by atoms with Gasteiger partial charge in [-0.25, -0.2) is 4.79 Å². The van der Waals surface area contributed by atoms with Gasteiger partial charge in [-0.15, -0.1) is 0 Å². The monoisotopic (exact) mass is 415 g/mol. The number of carbonyl (C=O) groups excluding carboxylic acids is 1. The van der Waals surface area contributed by atoms with E-state index in [9.17, 15) is 4.79 Å². The van der Waals surface area contributed by atoms with Gasteiger partial charge in [0.1, 0.15) is 0 Å². The fourth-order valence-corrected chi connectivity index (χ4v) is 6.71. The third-order valence-electron chi connectivity index (χ3n) is 6.26. The molecule has 0 aromatic heterocycles. The summed E-state index contributed by atoms with van der Waals surface area (Å²) in [5.41, 5.74) is 1.06. The van der Waals surface area contributed by atoms with Gasteiger partial charge in [0.15, 0.2) is 14.4 Å². The minimum Gasteiger partial charge on any atom is -0.467 e. The van der Waals surface area contributed by atoms with Crippen LogP contribution in [0, 0.1) is 5.41 Å². The first-order valence-corrected chi connectivity index (χ1v) is 13.3. The number of methoxy groups -OCH3 is 1. The summed E-state index contributed by atoms with van der Waals surface area (Å²) >= 11 is 0. The Bertz CT molecular complexity index is 691. The van der Waals surface area contributed by atoms with Gasteiger partial charge in [-0.1, -0.05) is 82.3 Å². The van der Waals surface area contributed by atoms with Crippen LogP contribution in [0.5, 0.6) is 0 Å². The summed E-state index contributed by atoms with van der Waals surface area (Å²) in [5, 5.41) is 3.67. The SMILES string of the molecule is CC[Si](CC)(CC)O[C@H](C(=O)OC)[C@@H](NC[C@]1(C)C=CC=CC1)c1ccccc1. The van der Waals surface area contributed by atoms with Gasteiger partial charge in [-0.05, 0) is 30.1 Å². The molecule has 3 atom stereocenters. The zero-order chi connectivity index (χ0) is 21.3. The molecule has 0 aliphatic heterocycles. The lowest BCUT2D eigenvalue weighted by Gasteiger charge is -2.37. The van der Waals surface area contributed by atoms with Gasteiger partial charge in [-0.3, -0.25) is 0 Å². The number of hydrogen-bond donors (Lipinski definition) is 1. The van der Waals surface area contributed by atoms with Crippen LogP contribution in [0.2, 0.25) is 18.1 Å². The summed E-state index contributed by atoms with van der Waals surface area (Å²) < 4.78 is 11.9. The van der Waals surface area contributed by atoms with E-state index in [2.05, 4.69) is 69.4 Å². The highest BCUT2D eigenvalue weighted by Gasteiger charge is 2.40. The van der Waals surface area contributed by atoms with E-state index in [0.29, 0.717) is 0 Å². The highest BCUT2D eigenvalue weighted by atomic mass is 28.4. The van der Waals surface area contributed by atoms with Gasteiger partial charge in [-0.2, -0.15) is 0 Å². The number of hydrogen-bond acceptors (Lipinski definition) is 4. The van der Waals surface area contributed by atoms with E-state index in [-0.39, 0.29) is 17.4 Å². The highest BCUT2D eigenvalue weighted by Crippen LogP contribution is 2.32. The number of allylic oxidation sites excluding steroid dienone is 3. The van der Waals surface area contributed by atoms with Crippen molar-refractivity contribution >= 4 is 14.3 Å². The third kappa shape index (κ3) is 6.14. The van der Waals surface area contributed by atoms with Gasteiger partial charge in [0.05, 0.1) is 13.2 Å². The van der Waals surface area contributed by atoms with Crippen molar-refractivity contribution in [2.24, 2.45) is 5.41 Å². The Kier molecular flexibility index (Phi) is 8.87. The maximum atomic E-state index is 12.9. The lowest BCUT2D eigenvalue weighted by molar-refractivity contribution is -0.151. The molecule has 1 aliphatic rings. The third-order valence-corrected chi connectivity index (χ3v) is 10.9. The maximum Gasteiger partial charge on any atom is 0.335 e. The van der Waals surface area contributed by atoms with Crippen molar-refractivity contribution in [1.29, 1.82) is 0 Å². The van der Waals surface area contributed by atoms with Crippen molar-refractivity contribution in [3.8, 4) is 0 Å². The van der Waals surface area contributed by atoms with E-state index < -0.39 is 14.4 Å². The zero-order valence-electron chi connectivity index (χ0n) is 18.6. The van der Waals surface area contributed by atoms with Crippen molar-refractivity contribution in [3.63, 3.8) is 0 Å². The second-order valence-corrected chi connectivity index (χ2v) is 12.9. The summed E-state index contributed by atoms with van der Waals surface area (Å²) in [5.74, 6) is -0.303. The fourth-order valence-electron chi connectivity index (χ4n) is 3.94. The Morgan fingerprint density at radius 3 is 2.31 bits per heavy atom. The van der Waals surface area contributed by atoms with Crippen molar-refractivity contribution in [2.75, 3.05) is 13.7 Å². The Morgan fingerprint density at radius 1 is 1.14 bits per heavy atom. The molecule has 0 amide bonds. The van der Waals surface area contributed by atoms with Crippen LogP contribution in [-0.2, 0) is 14.0 Å².